The monoisotopic (exact) mass is 219 g/mol. The van der Waals surface area contributed by atoms with Crippen molar-refractivity contribution in [2.45, 2.75) is 19.9 Å². The van der Waals surface area contributed by atoms with Crippen LogP contribution in [0, 0.1) is 0 Å². The van der Waals surface area contributed by atoms with Crippen LogP contribution in [0.4, 0.5) is 0 Å². The van der Waals surface area contributed by atoms with Crippen molar-refractivity contribution in [3.05, 3.63) is 41.5 Å². The van der Waals surface area contributed by atoms with Gasteiger partial charge in [0.05, 0.1) is 12.2 Å². The number of hydrogen-bond donors (Lipinski definition) is 1. The van der Waals surface area contributed by atoms with Gasteiger partial charge in [-0.1, -0.05) is 30.3 Å². The Labute approximate surface area is 95.9 Å². The van der Waals surface area contributed by atoms with Crippen LogP contribution in [0.1, 0.15) is 19.4 Å². The molecule has 1 aromatic carbocycles. The van der Waals surface area contributed by atoms with Crippen molar-refractivity contribution in [2.24, 2.45) is 5.73 Å². The van der Waals surface area contributed by atoms with Gasteiger partial charge in [-0.3, -0.25) is 0 Å². The lowest BCUT2D eigenvalue weighted by atomic mass is 10.1. The molecule has 0 heterocycles. The minimum absolute atomic E-state index is 0.334. The van der Waals surface area contributed by atoms with Crippen LogP contribution in [-0.4, -0.2) is 18.6 Å². The Morgan fingerprint density at radius 1 is 1.44 bits per heavy atom. The van der Waals surface area contributed by atoms with Crippen LogP contribution in [0.2, 0.25) is 0 Å². The molecule has 0 saturated carbocycles. The zero-order valence-electron chi connectivity index (χ0n) is 9.64. The minimum atomic E-state index is -0.346. The molecule has 0 spiro atoms. The highest BCUT2D eigenvalue weighted by Gasteiger charge is 2.14. The van der Waals surface area contributed by atoms with Gasteiger partial charge in [-0.2, -0.15) is 0 Å². The highest BCUT2D eigenvalue weighted by atomic mass is 16.5. The first-order chi connectivity index (χ1) is 7.65. The molecule has 3 heteroatoms. The average molecular weight is 219 g/mol. The second-order valence-corrected chi connectivity index (χ2v) is 3.52. The first-order valence-corrected chi connectivity index (χ1v) is 5.34. The van der Waals surface area contributed by atoms with E-state index in [1.54, 1.807) is 19.9 Å². The lowest BCUT2D eigenvalue weighted by Gasteiger charge is -2.10. The standard InChI is InChI=1S/C13H17NO2/c1-3-16-13(15)12(10(2)14)9-11-7-5-4-6-8-11/h4-10H,3,14H2,1-2H3. The second-order valence-electron chi connectivity index (χ2n) is 3.52. The van der Waals surface area contributed by atoms with E-state index in [2.05, 4.69) is 0 Å². The summed E-state index contributed by atoms with van der Waals surface area (Å²) >= 11 is 0. The van der Waals surface area contributed by atoms with Crippen molar-refractivity contribution in [1.82, 2.24) is 0 Å². The second kappa shape index (κ2) is 6.08. The number of hydrogen-bond acceptors (Lipinski definition) is 3. The van der Waals surface area contributed by atoms with E-state index >= 15 is 0 Å². The number of benzene rings is 1. The molecule has 0 bridgehead atoms. The van der Waals surface area contributed by atoms with Crippen LogP contribution in [0.3, 0.4) is 0 Å². The van der Waals surface area contributed by atoms with Gasteiger partial charge in [0.2, 0.25) is 0 Å². The van der Waals surface area contributed by atoms with Crippen molar-refractivity contribution < 1.29 is 9.53 Å². The fourth-order valence-electron chi connectivity index (χ4n) is 1.32. The van der Waals surface area contributed by atoms with Gasteiger partial charge in [0.25, 0.3) is 0 Å². The summed E-state index contributed by atoms with van der Waals surface area (Å²) in [5, 5.41) is 0. The number of carbonyl (C=O) groups excluding carboxylic acids is 1. The van der Waals surface area contributed by atoms with Crippen LogP contribution in [0.5, 0.6) is 0 Å². The molecule has 0 aliphatic carbocycles. The number of rotatable bonds is 4. The van der Waals surface area contributed by atoms with Crippen molar-refractivity contribution >= 4 is 12.0 Å². The predicted molar refractivity (Wildman–Crippen MR) is 64.7 cm³/mol. The SMILES string of the molecule is CCOC(=O)C(=Cc1ccccc1)C(C)N. The molecule has 1 unspecified atom stereocenters. The highest BCUT2D eigenvalue weighted by molar-refractivity contribution is 5.94. The van der Waals surface area contributed by atoms with Crippen LogP contribution in [0.25, 0.3) is 6.08 Å². The molecule has 1 rings (SSSR count). The number of nitrogens with two attached hydrogens (primary N) is 1. The zero-order chi connectivity index (χ0) is 12.0. The summed E-state index contributed by atoms with van der Waals surface area (Å²) in [6.45, 7) is 3.91. The highest BCUT2D eigenvalue weighted by Crippen LogP contribution is 2.10. The molecule has 86 valence electrons. The summed E-state index contributed by atoms with van der Waals surface area (Å²) in [6, 6.07) is 9.25. The molecule has 0 aromatic heterocycles. The van der Waals surface area contributed by atoms with Gasteiger partial charge in [0.1, 0.15) is 0 Å². The summed E-state index contributed by atoms with van der Waals surface area (Å²) in [4.78, 5) is 11.6. The van der Waals surface area contributed by atoms with E-state index in [0.717, 1.165) is 5.56 Å². The molecule has 0 aliphatic heterocycles. The maximum absolute atomic E-state index is 11.6. The van der Waals surface area contributed by atoms with Gasteiger partial charge in [-0.05, 0) is 25.5 Å². The summed E-state index contributed by atoms with van der Waals surface area (Å²) in [6.07, 6.45) is 1.77. The van der Waals surface area contributed by atoms with Gasteiger partial charge < -0.3 is 10.5 Å². The Bertz CT molecular complexity index is 369. The summed E-state index contributed by atoms with van der Waals surface area (Å²) in [5.74, 6) is -0.346. The third-order valence-corrected chi connectivity index (χ3v) is 2.12. The molecule has 1 atom stereocenters. The Morgan fingerprint density at radius 3 is 2.56 bits per heavy atom. The van der Waals surface area contributed by atoms with E-state index in [0.29, 0.717) is 12.2 Å². The zero-order valence-corrected chi connectivity index (χ0v) is 9.64. The Balaban J connectivity index is 2.94. The van der Waals surface area contributed by atoms with E-state index in [4.69, 9.17) is 10.5 Å². The fourth-order valence-corrected chi connectivity index (χ4v) is 1.32. The molecular formula is C13H17NO2. The van der Waals surface area contributed by atoms with Crippen LogP contribution in [0.15, 0.2) is 35.9 Å². The molecule has 0 aliphatic rings. The Kier molecular flexibility index (Phi) is 4.73. The lowest BCUT2D eigenvalue weighted by molar-refractivity contribution is -0.138. The van der Waals surface area contributed by atoms with Crippen molar-refractivity contribution in [1.29, 1.82) is 0 Å². The van der Waals surface area contributed by atoms with Crippen molar-refractivity contribution in [3.63, 3.8) is 0 Å². The quantitative estimate of drug-likeness (QED) is 0.622. The summed E-state index contributed by atoms with van der Waals surface area (Å²) in [5.41, 5.74) is 7.19. The molecule has 0 fully saturated rings. The Hall–Kier alpha value is -1.61. The molecule has 0 amide bonds. The lowest BCUT2D eigenvalue weighted by Crippen LogP contribution is -2.25. The molecule has 16 heavy (non-hydrogen) atoms. The minimum Gasteiger partial charge on any atom is -0.463 e. The largest absolute Gasteiger partial charge is 0.463 e. The third kappa shape index (κ3) is 3.51. The smallest absolute Gasteiger partial charge is 0.335 e. The van der Waals surface area contributed by atoms with Gasteiger partial charge in [-0.15, -0.1) is 0 Å². The van der Waals surface area contributed by atoms with Crippen molar-refractivity contribution in [2.75, 3.05) is 6.61 Å². The fraction of sp³-hybridized carbons (Fsp3) is 0.308. The van der Waals surface area contributed by atoms with Gasteiger partial charge in [0.15, 0.2) is 0 Å². The third-order valence-electron chi connectivity index (χ3n) is 2.12. The molecule has 0 saturated heterocycles. The molecule has 2 N–H and O–H groups in total. The average Bonchev–Trinajstić information content (AvgIpc) is 2.27. The van der Waals surface area contributed by atoms with E-state index < -0.39 is 0 Å². The number of ether oxygens (including phenoxy) is 1. The molecule has 0 radical (unpaired) electrons. The maximum atomic E-state index is 11.6. The molecule has 1 aromatic rings. The first-order valence-electron chi connectivity index (χ1n) is 5.34. The van der Waals surface area contributed by atoms with Gasteiger partial charge >= 0.3 is 5.97 Å². The van der Waals surface area contributed by atoms with E-state index in [-0.39, 0.29) is 12.0 Å². The van der Waals surface area contributed by atoms with E-state index in [1.165, 1.54) is 0 Å². The van der Waals surface area contributed by atoms with Crippen LogP contribution >= 0.6 is 0 Å². The molecular weight excluding hydrogens is 202 g/mol. The maximum Gasteiger partial charge on any atom is 0.335 e. The van der Waals surface area contributed by atoms with Crippen molar-refractivity contribution in [3.8, 4) is 0 Å². The number of esters is 1. The normalized spacial score (nSPS) is 13.3. The molecule has 3 nitrogen and oxygen atoms in total. The number of carbonyl (C=O) groups is 1. The van der Waals surface area contributed by atoms with Gasteiger partial charge in [0, 0.05) is 6.04 Å². The summed E-state index contributed by atoms with van der Waals surface area (Å²) in [7, 11) is 0. The van der Waals surface area contributed by atoms with E-state index in [1.807, 2.05) is 30.3 Å². The summed E-state index contributed by atoms with van der Waals surface area (Å²) < 4.78 is 4.95. The van der Waals surface area contributed by atoms with Gasteiger partial charge in [-0.25, -0.2) is 4.79 Å². The van der Waals surface area contributed by atoms with E-state index in [9.17, 15) is 4.79 Å². The van der Waals surface area contributed by atoms with Crippen LogP contribution < -0.4 is 5.73 Å². The Morgan fingerprint density at radius 2 is 2.06 bits per heavy atom. The van der Waals surface area contributed by atoms with Crippen LogP contribution in [-0.2, 0) is 9.53 Å². The topological polar surface area (TPSA) is 52.3 Å². The first kappa shape index (κ1) is 12.5. The predicted octanol–water partition coefficient (Wildman–Crippen LogP) is 1.98.